The highest BCUT2D eigenvalue weighted by molar-refractivity contribution is 5.56. The third kappa shape index (κ3) is 3.48. The van der Waals surface area contributed by atoms with E-state index in [1.807, 2.05) is 31.2 Å². The Hall–Kier alpha value is -1.50. The second-order valence-corrected chi connectivity index (χ2v) is 4.41. The van der Waals surface area contributed by atoms with Gasteiger partial charge in [0.15, 0.2) is 0 Å². The number of para-hydroxylation sites is 1. The molecule has 2 rings (SSSR count). The molecule has 0 amide bonds. The summed E-state index contributed by atoms with van der Waals surface area (Å²) in [6, 6.07) is 8.22. The predicted octanol–water partition coefficient (Wildman–Crippen LogP) is 4.60. The standard InChI is InChI=1S/C16H20O/c1-2-9-14-10-7-8-13-16(14)17-15-11-5-3-4-6-12-15/h2,5,7-11,13,15H,3-4,6,12H2,1H3/b9-2-/t15-/m1/s1. The van der Waals surface area contributed by atoms with Crippen molar-refractivity contribution in [1.82, 2.24) is 0 Å². The summed E-state index contributed by atoms with van der Waals surface area (Å²) < 4.78 is 6.08. The van der Waals surface area contributed by atoms with E-state index < -0.39 is 0 Å². The van der Waals surface area contributed by atoms with Crippen molar-refractivity contribution in [3.8, 4) is 5.75 Å². The molecule has 1 aliphatic carbocycles. The predicted molar refractivity (Wildman–Crippen MR) is 73.2 cm³/mol. The van der Waals surface area contributed by atoms with E-state index in [0.29, 0.717) is 0 Å². The molecule has 0 unspecified atom stereocenters. The van der Waals surface area contributed by atoms with Crippen LogP contribution in [0, 0.1) is 0 Å². The molecule has 0 bridgehead atoms. The fourth-order valence-electron chi connectivity index (χ4n) is 2.12. The van der Waals surface area contributed by atoms with Crippen LogP contribution < -0.4 is 4.74 Å². The van der Waals surface area contributed by atoms with Crippen LogP contribution in [0.5, 0.6) is 5.75 Å². The molecule has 0 saturated heterocycles. The number of hydrogen-bond acceptors (Lipinski definition) is 1. The number of hydrogen-bond donors (Lipinski definition) is 0. The average Bonchev–Trinajstić information content (AvgIpc) is 2.61. The van der Waals surface area contributed by atoms with Gasteiger partial charge in [-0.3, -0.25) is 0 Å². The zero-order valence-corrected chi connectivity index (χ0v) is 10.4. The summed E-state index contributed by atoms with van der Waals surface area (Å²) in [7, 11) is 0. The van der Waals surface area contributed by atoms with Crippen LogP contribution in [0.4, 0.5) is 0 Å². The third-order valence-electron chi connectivity index (χ3n) is 3.00. The zero-order valence-electron chi connectivity index (χ0n) is 10.4. The van der Waals surface area contributed by atoms with Gasteiger partial charge in [0.25, 0.3) is 0 Å². The van der Waals surface area contributed by atoms with Crippen molar-refractivity contribution >= 4 is 6.08 Å². The number of ether oxygens (including phenoxy) is 1. The lowest BCUT2D eigenvalue weighted by Gasteiger charge is -2.16. The largest absolute Gasteiger partial charge is 0.486 e. The molecule has 1 nitrogen and oxygen atoms in total. The van der Waals surface area contributed by atoms with Crippen molar-refractivity contribution in [3.63, 3.8) is 0 Å². The molecule has 0 heterocycles. The fraction of sp³-hybridized carbons (Fsp3) is 0.375. The first-order valence-electron chi connectivity index (χ1n) is 6.45. The van der Waals surface area contributed by atoms with Gasteiger partial charge >= 0.3 is 0 Å². The summed E-state index contributed by atoms with van der Waals surface area (Å²) in [5.41, 5.74) is 1.16. The minimum Gasteiger partial charge on any atom is -0.486 e. The van der Waals surface area contributed by atoms with Gasteiger partial charge in [-0.05, 0) is 44.7 Å². The molecule has 0 aliphatic heterocycles. The Bertz CT molecular complexity index is 404. The number of allylic oxidation sites excluding steroid dienone is 2. The van der Waals surface area contributed by atoms with Crippen LogP contribution in [0.3, 0.4) is 0 Å². The Kier molecular flexibility index (Phi) is 4.43. The van der Waals surface area contributed by atoms with Crippen LogP contribution in [0.15, 0.2) is 42.5 Å². The van der Waals surface area contributed by atoms with Gasteiger partial charge in [0.2, 0.25) is 0 Å². The smallest absolute Gasteiger partial charge is 0.127 e. The maximum atomic E-state index is 6.08. The zero-order chi connectivity index (χ0) is 11.9. The van der Waals surface area contributed by atoms with Crippen LogP contribution in [-0.4, -0.2) is 6.10 Å². The molecule has 1 aliphatic rings. The molecule has 0 fully saturated rings. The van der Waals surface area contributed by atoms with Crippen molar-refractivity contribution in [2.45, 2.75) is 38.7 Å². The monoisotopic (exact) mass is 228 g/mol. The minimum absolute atomic E-state index is 0.240. The van der Waals surface area contributed by atoms with Crippen LogP contribution in [0.2, 0.25) is 0 Å². The van der Waals surface area contributed by atoms with Gasteiger partial charge in [0.05, 0.1) is 0 Å². The summed E-state index contributed by atoms with van der Waals surface area (Å²) in [6.45, 7) is 2.03. The van der Waals surface area contributed by atoms with Crippen LogP contribution in [-0.2, 0) is 0 Å². The summed E-state index contributed by atoms with van der Waals surface area (Å²) in [4.78, 5) is 0. The molecule has 1 aromatic carbocycles. The second-order valence-electron chi connectivity index (χ2n) is 4.41. The molecule has 0 saturated carbocycles. The average molecular weight is 228 g/mol. The Balaban J connectivity index is 2.11. The van der Waals surface area contributed by atoms with E-state index in [1.165, 1.54) is 19.3 Å². The van der Waals surface area contributed by atoms with E-state index in [2.05, 4.69) is 24.3 Å². The van der Waals surface area contributed by atoms with E-state index in [9.17, 15) is 0 Å². The maximum Gasteiger partial charge on any atom is 0.127 e. The highest BCUT2D eigenvalue weighted by Gasteiger charge is 2.10. The number of benzene rings is 1. The van der Waals surface area contributed by atoms with Gasteiger partial charge < -0.3 is 4.74 Å². The minimum atomic E-state index is 0.240. The van der Waals surface area contributed by atoms with Gasteiger partial charge in [-0.1, -0.05) is 36.4 Å². The topological polar surface area (TPSA) is 9.23 Å². The van der Waals surface area contributed by atoms with E-state index >= 15 is 0 Å². The van der Waals surface area contributed by atoms with Crippen molar-refractivity contribution in [3.05, 3.63) is 48.1 Å². The molecule has 1 heteroatoms. The molecule has 17 heavy (non-hydrogen) atoms. The molecule has 0 spiro atoms. The van der Waals surface area contributed by atoms with Gasteiger partial charge in [-0.25, -0.2) is 0 Å². The maximum absolute atomic E-state index is 6.08. The fourth-order valence-corrected chi connectivity index (χ4v) is 2.12. The van der Waals surface area contributed by atoms with E-state index in [-0.39, 0.29) is 6.10 Å². The van der Waals surface area contributed by atoms with Crippen molar-refractivity contribution in [1.29, 1.82) is 0 Å². The van der Waals surface area contributed by atoms with Gasteiger partial charge in [0.1, 0.15) is 11.9 Å². The lowest BCUT2D eigenvalue weighted by atomic mass is 10.1. The Labute approximate surface area is 104 Å². The molecule has 0 aromatic heterocycles. The Morgan fingerprint density at radius 3 is 3.00 bits per heavy atom. The molecule has 1 atom stereocenters. The Morgan fingerprint density at radius 1 is 1.24 bits per heavy atom. The van der Waals surface area contributed by atoms with Gasteiger partial charge in [-0.2, -0.15) is 0 Å². The normalized spacial score (nSPS) is 20.4. The number of rotatable bonds is 3. The van der Waals surface area contributed by atoms with E-state index in [0.717, 1.165) is 17.7 Å². The summed E-state index contributed by atoms with van der Waals surface area (Å²) in [5, 5.41) is 0. The van der Waals surface area contributed by atoms with E-state index in [4.69, 9.17) is 4.74 Å². The Morgan fingerprint density at radius 2 is 2.12 bits per heavy atom. The summed E-state index contributed by atoms with van der Waals surface area (Å²) in [5.74, 6) is 0.988. The summed E-state index contributed by atoms with van der Waals surface area (Å²) >= 11 is 0. The van der Waals surface area contributed by atoms with Gasteiger partial charge in [0, 0.05) is 5.56 Å². The highest BCUT2D eigenvalue weighted by Crippen LogP contribution is 2.23. The van der Waals surface area contributed by atoms with Crippen molar-refractivity contribution in [2.24, 2.45) is 0 Å². The second kappa shape index (κ2) is 6.29. The molecular formula is C16H20O. The lowest BCUT2D eigenvalue weighted by molar-refractivity contribution is 0.236. The molecule has 0 radical (unpaired) electrons. The first-order valence-corrected chi connectivity index (χ1v) is 6.45. The van der Waals surface area contributed by atoms with Crippen LogP contribution >= 0.6 is 0 Å². The first-order chi connectivity index (χ1) is 8.40. The molecule has 1 aromatic rings. The lowest BCUT2D eigenvalue weighted by Crippen LogP contribution is -2.13. The quantitative estimate of drug-likeness (QED) is 0.687. The van der Waals surface area contributed by atoms with Crippen molar-refractivity contribution < 1.29 is 4.74 Å². The highest BCUT2D eigenvalue weighted by atomic mass is 16.5. The van der Waals surface area contributed by atoms with Crippen molar-refractivity contribution in [2.75, 3.05) is 0 Å². The van der Waals surface area contributed by atoms with E-state index in [1.54, 1.807) is 0 Å². The van der Waals surface area contributed by atoms with Crippen LogP contribution in [0.25, 0.3) is 6.08 Å². The van der Waals surface area contributed by atoms with Crippen LogP contribution in [0.1, 0.15) is 38.2 Å². The van der Waals surface area contributed by atoms with Gasteiger partial charge in [-0.15, -0.1) is 0 Å². The molecule has 0 N–H and O–H groups in total. The first kappa shape index (κ1) is 12.0. The third-order valence-corrected chi connectivity index (χ3v) is 3.00. The SMILES string of the molecule is C/C=C\c1ccccc1O[C@@H]1C=CCCCC1. The molecular weight excluding hydrogens is 208 g/mol. The molecule has 90 valence electrons. The summed E-state index contributed by atoms with van der Waals surface area (Å²) in [6.07, 6.45) is 13.7.